The fourth-order valence-electron chi connectivity index (χ4n) is 3.92. The molecule has 0 bridgehead atoms. The van der Waals surface area contributed by atoms with E-state index in [1.165, 1.54) is 0 Å². The Bertz CT molecular complexity index is 583. The number of carbonyl (C=O) groups is 1. The van der Waals surface area contributed by atoms with Crippen molar-refractivity contribution in [1.82, 2.24) is 9.80 Å². The smallest absolute Gasteiger partial charge is 0.226 e. The summed E-state index contributed by atoms with van der Waals surface area (Å²) in [6.45, 7) is 5.50. The van der Waals surface area contributed by atoms with Crippen molar-refractivity contribution >= 4 is 42.3 Å². The normalized spacial score (nSPS) is 22.7. The number of para-hydroxylation sites is 1. The molecule has 1 amide bonds. The average Bonchev–Trinajstić information content (AvgIpc) is 3.12. The van der Waals surface area contributed by atoms with Crippen LogP contribution in [0.15, 0.2) is 24.3 Å². The van der Waals surface area contributed by atoms with Gasteiger partial charge in [-0.05, 0) is 37.4 Å². The van der Waals surface area contributed by atoms with Crippen LogP contribution in [0.4, 0.5) is 0 Å². The number of nitrogens with two attached hydrogens (primary N) is 1. The highest BCUT2D eigenvalue weighted by Crippen LogP contribution is 2.32. The van der Waals surface area contributed by atoms with E-state index in [1.54, 1.807) is 0 Å². The Morgan fingerprint density at radius 1 is 1.15 bits per heavy atom. The summed E-state index contributed by atoms with van der Waals surface area (Å²) in [5.41, 5.74) is 5.82. The second kappa shape index (κ2) is 12.0. The maximum Gasteiger partial charge on any atom is 0.226 e. The molecule has 1 aromatic rings. The molecule has 1 heterocycles. The lowest BCUT2D eigenvalue weighted by molar-refractivity contribution is -0.138. The molecule has 1 aromatic carbocycles. The van der Waals surface area contributed by atoms with E-state index < -0.39 is 0 Å². The highest BCUT2D eigenvalue weighted by molar-refractivity contribution is 6.32. The second-order valence-electron chi connectivity index (χ2n) is 6.98. The van der Waals surface area contributed by atoms with Crippen LogP contribution in [0.2, 0.25) is 5.02 Å². The van der Waals surface area contributed by atoms with E-state index in [0.717, 1.165) is 57.7 Å². The summed E-state index contributed by atoms with van der Waals surface area (Å²) in [4.78, 5) is 17.1. The summed E-state index contributed by atoms with van der Waals surface area (Å²) < 4.78 is 5.76. The SMILES string of the molecule is Cl.Cl.NC[C@H]1CCC[C@H]1C(=O)N1CCN(CCOc2ccccc2Cl)CC1. The van der Waals surface area contributed by atoms with Crippen molar-refractivity contribution in [2.75, 3.05) is 45.9 Å². The van der Waals surface area contributed by atoms with Crippen molar-refractivity contribution in [2.24, 2.45) is 17.6 Å². The molecule has 8 heteroatoms. The number of nitrogens with zero attached hydrogens (tertiary/aromatic N) is 2. The first-order valence-corrected chi connectivity index (χ1v) is 9.65. The highest BCUT2D eigenvalue weighted by atomic mass is 35.5. The van der Waals surface area contributed by atoms with Crippen molar-refractivity contribution in [3.63, 3.8) is 0 Å². The van der Waals surface area contributed by atoms with Crippen LogP contribution in [-0.4, -0.2) is 61.6 Å². The van der Waals surface area contributed by atoms with E-state index in [0.29, 0.717) is 30.0 Å². The van der Waals surface area contributed by atoms with Crippen LogP contribution in [-0.2, 0) is 4.79 Å². The number of halogens is 3. The summed E-state index contributed by atoms with van der Waals surface area (Å²) in [6, 6.07) is 7.53. The summed E-state index contributed by atoms with van der Waals surface area (Å²) in [5.74, 6) is 1.58. The van der Waals surface area contributed by atoms with Gasteiger partial charge in [0.05, 0.1) is 5.02 Å². The molecule has 0 aromatic heterocycles. The Morgan fingerprint density at radius 2 is 1.85 bits per heavy atom. The van der Waals surface area contributed by atoms with Gasteiger partial charge in [-0.1, -0.05) is 30.2 Å². The lowest BCUT2D eigenvalue weighted by Crippen LogP contribution is -2.51. The van der Waals surface area contributed by atoms with Crippen LogP contribution in [0.3, 0.4) is 0 Å². The Balaban J connectivity index is 0.00000182. The van der Waals surface area contributed by atoms with E-state index in [9.17, 15) is 4.79 Å². The largest absolute Gasteiger partial charge is 0.491 e. The van der Waals surface area contributed by atoms with Crippen LogP contribution < -0.4 is 10.5 Å². The van der Waals surface area contributed by atoms with Gasteiger partial charge < -0.3 is 15.4 Å². The maximum absolute atomic E-state index is 12.7. The van der Waals surface area contributed by atoms with Crippen molar-refractivity contribution in [3.8, 4) is 5.75 Å². The monoisotopic (exact) mass is 437 g/mol. The molecule has 2 aliphatic rings. The first-order chi connectivity index (χ1) is 12.2. The van der Waals surface area contributed by atoms with E-state index in [-0.39, 0.29) is 30.7 Å². The number of ether oxygens (including phenoxy) is 1. The van der Waals surface area contributed by atoms with Gasteiger partial charge in [0.2, 0.25) is 5.91 Å². The molecule has 2 atom stereocenters. The van der Waals surface area contributed by atoms with Gasteiger partial charge in [-0.25, -0.2) is 0 Å². The predicted molar refractivity (Wildman–Crippen MR) is 114 cm³/mol. The van der Waals surface area contributed by atoms with Crippen molar-refractivity contribution in [3.05, 3.63) is 29.3 Å². The molecule has 1 aliphatic heterocycles. The topological polar surface area (TPSA) is 58.8 Å². The summed E-state index contributed by atoms with van der Waals surface area (Å²) >= 11 is 6.09. The minimum Gasteiger partial charge on any atom is -0.491 e. The zero-order valence-corrected chi connectivity index (χ0v) is 17.9. The Kier molecular flexibility index (Phi) is 10.8. The molecule has 0 unspecified atom stereocenters. The number of piperazine rings is 1. The second-order valence-corrected chi connectivity index (χ2v) is 7.39. The number of rotatable bonds is 6. The van der Waals surface area contributed by atoms with Gasteiger partial charge in [0.25, 0.3) is 0 Å². The van der Waals surface area contributed by atoms with E-state index in [4.69, 9.17) is 22.1 Å². The molecule has 0 radical (unpaired) electrons. The van der Waals surface area contributed by atoms with E-state index >= 15 is 0 Å². The zero-order chi connectivity index (χ0) is 17.6. The van der Waals surface area contributed by atoms with Crippen LogP contribution >= 0.6 is 36.4 Å². The number of amides is 1. The third-order valence-corrected chi connectivity index (χ3v) is 5.78. The maximum atomic E-state index is 12.7. The van der Waals surface area contributed by atoms with Crippen LogP contribution in [0.25, 0.3) is 0 Å². The molecular formula is C19H30Cl3N3O2. The van der Waals surface area contributed by atoms with Crippen LogP contribution in [0.1, 0.15) is 19.3 Å². The van der Waals surface area contributed by atoms with Gasteiger partial charge in [-0.2, -0.15) is 0 Å². The van der Waals surface area contributed by atoms with Gasteiger partial charge >= 0.3 is 0 Å². The van der Waals surface area contributed by atoms with Gasteiger partial charge in [-0.3, -0.25) is 9.69 Å². The Hall–Kier alpha value is -0.720. The minimum atomic E-state index is 0. The Morgan fingerprint density at radius 3 is 2.52 bits per heavy atom. The third kappa shape index (κ3) is 6.40. The number of benzene rings is 1. The quantitative estimate of drug-likeness (QED) is 0.741. The van der Waals surface area contributed by atoms with E-state index in [1.807, 2.05) is 29.2 Å². The fourth-order valence-corrected chi connectivity index (χ4v) is 4.11. The molecule has 27 heavy (non-hydrogen) atoms. The first-order valence-electron chi connectivity index (χ1n) is 9.27. The van der Waals surface area contributed by atoms with Crippen LogP contribution in [0, 0.1) is 11.8 Å². The number of carbonyl (C=O) groups excluding carboxylic acids is 1. The van der Waals surface area contributed by atoms with Gasteiger partial charge in [-0.15, -0.1) is 24.8 Å². The fraction of sp³-hybridized carbons (Fsp3) is 0.632. The molecule has 1 saturated heterocycles. The van der Waals surface area contributed by atoms with Crippen molar-refractivity contribution in [1.29, 1.82) is 0 Å². The zero-order valence-electron chi connectivity index (χ0n) is 15.5. The molecule has 2 N–H and O–H groups in total. The van der Waals surface area contributed by atoms with Gasteiger partial charge in [0.1, 0.15) is 12.4 Å². The van der Waals surface area contributed by atoms with E-state index in [2.05, 4.69) is 4.90 Å². The highest BCUT2D eigenvalue weighted by Gasteiger charge is 2.35. The molecule has 1 aliphatic carbocycles. The summed E-state index contributed by atoms with van der Waals surface area (Å²) in [6.07, 6.45) is 3.25. The molecule has 2 fully saturated rings. The minimum absolute atomic E-state index is 0. The Labute approximate surface area is 179 Å². The van der Waals surface area contributed by atoms with Crippen LogP contribution in [0.5, 0.6) is 5.75 Å². The standard InChI is InChI=1S/C19H28ClN3O2.2ClH/c20-17-6-1-2-7-18(17)25-13-12-22-8-10-23(11-9-22)19(24)16-5-3-4-15(16)14-21;;/h1-2,6-7,15-16H,3-5,8-14,21H2;2*1H/t15-,16-;;/m1../s1. The molecule has 154 valence electrons. The summed E-state index contributed by atoms with van der Waals surface area (Å²) in [7, 11) is 0. The van der Waals surface area contributed by atoms with Crippen molar-refractivity contribution < 1.29 is 9.53 Å². The predicted octanol–water partition coefficient (Wildman–Crippen LogP) is 3.08. The first kappa shape index (κ1) is 24.3. The molecular weight excluding hydrogens is 409 g/mol. The van der Waals surface area contributed by atoms with Gasteiger partial charge in [0.15, 0.2) is 0 Å². The lowest BCUT2D eigenvalue weighted by Gasteiger charge is -2.36. The molecule has 3 rings (SSSR count). The number of hydrogen-bond donors (Lipinski definition) is 1. The molecule has 0 spiro atoms. The third-order valence-electron chi connectivity index (χ3n) is 5.46. The lowest BCUT2D eigenvalue weighted by atomic mass is 9.94. The molecule has 5 nitrogen and oxygen atoms in total. The van der Waals surface area contributed by atoms with Gasteiger partial charge in [0, 0.05) is 38.6 Å². The van der Waals surface area contributed by atoms with Crippen molar-refractivity contribution in [2.45, 2.75) is 19.3 Å². The summed E-state index contributed by atoms with van der Waals surface area (Å²) in [5, 5.41) is 0.643. The number of hydrogen-bond acceptors (Lipinski definition) is 4. The average molecular weight is 439 g/mol. The molecule has 1 saturated carbocycles.